The SMILES string of the molecule is C[C@]12CC[C@H]3[C@@H](CCC4=CC(=O)CC[C@@]43C)C1=CC=C2c1cncc(Cl)c1. The fourth-order valence-corrected chi connectivity index (χ4v) is 6.70. The van der Waals surface area contributed by atoms with Gasteiger partial charge in [-0.15, -0.1) is 0 Å². The predicted molar refractivity (Wildman–Crippen MR) is 109 cm³/mol. The number of allylic oxidation sites excluding steroid dienone is 6. The van der Waals surface area contributed by atoms with Crippen LogP contribution in [-0.2, 0) is 4.79 Å². The van der Waals surface area contributed by atoms with Gasteiger partial charge < -0.3 is 0 Å². The Labute approximate surface area is 166 Å². The number of ketones is 1. The van der Waals surface area contributed by atoms with E-state index in [1.165, 1.54) is 24.0 Å². The lowest BCUT2D eigenvalue weighted by Crippen LogP contribution is -2.47. The van der Waals surface area contributed by atoms with Crippen LogP contribution in [0.25, 0.3) is 5.57 Å². The standard InChI is InChI=1S/C24H26ClNO/c1-23-9-7-18(27)12-16(23)3-4-19-21-6-5-20(15-11-17(25)14-26-13-15)24(21,2)10-8-22(19)23/h5-6,11-14,19,22H,3-4,7-10H2,1-2H3/t19-,22-,23-,24+/m0/s1. The summed E-state index contributed by atoms with van der Waals surface area (Å²) in [6.07, 6.45) is 16.7. The molecule has 1 aromatic heterocycles. The third-order valence-electron chi connectivity index (χ3n) is 8.02. The molecule has 4 atom stereocenters. The van der Waals surface area contributed by atoms with Crippen molar-refractivity contribution < 1.29 is 4.79 Å². The Morgan fingerprint density at radius 3 is 2.78 bits per heavy atom. The van der Waals surface area contributed by atoms with Gasteiger partial charge in [-0.2, -0.15) is 0 Å². The number of fused-ring (bicyclic) bond motifs is 5. The van der Waals surface area contributed by atoms with Crippen LogP contribution in [0.2, 0.25) is 5.02 Å². The van der Waals surface area contributed by atoms with E-state index in [0.717, 1.165) is 31.2 Å². The zero-order valence-corrected chi connectivity index (χ0v) is 16.9. The lowest BCUT2D eigenvalue weighted by molar-refractivity contribution is -0.116. The summed E-state index contributed by atoms with van der Waals surface area (Å²) < 4.78 is 0. The van der Waals surface area contributed by atoms with Crippen molar-refractivity contribution in [2.45, 2.75) is 52.4 Å². The Bertz CT molecular complexity index is 926. The smallest absolute Gasteiger partial charge is 0.155 e. The quantitative estimate of drug-likeness (QED) is 0.583. The van der Waals surface area contributed by atoms with E-state index in [4.69, 9.17) is 11.6 Å². The van der Waals surface area contributed by atoms with Crippen molar-refractivity contribution in [2.24, 2.45) is 22.7 Å². The molecule has 0 saturated heterocycles. The Kier molecular flexibility index (Phi) is 3.82. The summed E-state index contributed by atoms with van der Waals surface area (Å²) in [6, 6.07) is 2.05. The first-order valence-electron chi connectivity index (χ1n) is 10.2. The van der Waals surface area contributed by atoms with E-state index in [9.17, 15) is 4.79 Å². The Hall–Kier alpha value is -1.67. The van der Waals surface area contributed by atoms with Crippen molar-refractivity contribution in [2.75, 3.05) is 0 Å². The summed E-state index contributed by atoms with van der Waals surface area (Å²) in [4.78, 5) is 16.3. The fraction of sp³-hybridized carbons (Fsp3) is 0.500. The normalized spacial score (nSPS) is 37.6. The molecule has 0 aromatic carbocycles. The van der Waals surface area contributed by atoms with E-state index in [1.807, 2.05) is 18.3 Å². The summed E-state index contributed by atoms with van der Waals surface area (Å²) >= 11 is 6.22. The van der Waals surface area contributed by atoms with Gasteiger partial charge in [0.25, 0.3) is 0 Å². The second kappa shape index (κ2) is 5.91. The van der Waals surface area contributed by atoms with Crippen LogP contribution in [0.15, 0.2) is 47.8 Å². The second-order valence-corrected chi connectivity index (χ2v) is 9.71. The van der Waals surface area contributed by atoms with Gasteiger partial charge in [-0.05, 0) is 72.6 Å². The molecule has 4 aliphatic rings. The van der Waals surface area contributed by atoms with Crippen molar-refractivity contribution in [3.8, 4) is 0 Å². The first-order valence-corrected chi connectivity index (χ1v) is 10.6. The number of rotatable bonds is 1. The summed E-state index contributed by atoms with van der Waals surface area (Å²) in [7, 11) is 0. The maximum Gasteiger partial charge on any atom is 0.155 e. The van der Waals surface area contributed by atoms with E-state index in [2.05, 4.69) is 31.0 Å². The number of pyridine rings is 1. The topological polar surface area (TPSA) is 30.0 Å². The first kappa shape index (κ1) is 17.4. The molecule has 2 saturated carbocycles. The molecule has 1 heterocycles. The van der Waals surface area contributed by atoms with Crippen LogP contribution < -0.4 is 0 Å². The zero-order chi connectivity index (χ0) is 18.8. The number of hydrogen-bond acceptors (Lipinski definition) is 2. The van der Waals surface area contributed by atoms with Gasteiger partial charge in [0.1, 0.15) is 0 Å². The Morgan fingerprint density at radius 1 is 1.11 bits per heavy atom. The molecule has 0 unspecified atom stereocenters. The lowest BCUT2D eigenvalue weighted by atomic mass is 9.48. The van der Waals surface area contributed by atoms with Crippen LogP contribution in [0.3, 0.4) is 0 Å². The molecule has 0 bridgehead atoms. The molecule has 2 nitrogen and oxygen atoms in total. The Balaban J connectivity index is 1.50. The minimum Gasteiger partial charge on any atom is -0.295 e. The third-order valence-corrected chi connectivity index (χ3v) is 8.23. The highest BCUT2D eigenvalue weighted by Crippen LogP contribution is 2.65. The number of aromatic nitrogens is 1. The summed E-state index contributed by atoms with van der Waals surface area (Å²) in [5.74, 6) is 1.62. The molecule has 0 radical (unpaired) electrons. The van der Waals surface area contributed by atoms with Gasteiger partial charge in [0.15, 0.2) is 5.78 Å². The molecule has 1 aromatic rings. The average Bonchev–Trinajstić information content (AvgIpc) is 2.99. The van der Waals surface area contributed by atoms with E-state index >= 15 is 0 Å². The van der Waals surface area contributed by atoms with Crippen LogP contribution in [0, 0.1) is 22.7 Å². The molecule has 5 rings (SSSR count). The van der Waals surface area contributed by atoms with Crippen LogP contribution in [0.5, 0.6) is 0 Å². The average molecular weight is 380 g/mol. The maximum absolute atomic E-state index is 12.0. The van der Waals surface area contributed by atoms with Crippen LogP contribution in [0.4, 0.5) is 0 Å². The molecule has 0 aliphatic heterocycles. The fourth-order valence-electron chi connectivity index (χ4n) is 6.53. The number of carbonyl (C=O) groups is 1. The number of hydrogen-bond donors (Lipinski definition) is 0. The van der Waals surface area contributed by atoms with E-state index < -0.39 is 0 Å². The van der Waals surface area contributed by atoms with Crippen LogP contribution in [0.1, 0.15) is 57.9 Å². The van der Waals surface area contributed by atoms with Crippen molar-refractivity contribution >= 4 is 23.0 Å². The number of carbonyl (C=O) groups excluding carboxylic acids is 1. The molecular formula is C24H26ClNO. The second-order valence-electron chi connectivity index (χ2n) is 9.27. The molecular weight excluding hydrogens is 354 g/mol. The summed E-state index contributed by atoms with van der Waals surface area (Å²) in [6.45, 7) is 4.84. The van der Waals surface area contributed by atoms with Gasteiger partial charge in [0.05, 0.1) is 5.02 Å². The van der Waals surface area contributed by atoms with Gasteiger partial charge in [0.2, 0.25) is 0 Å². The zero-order valence-electron chi connectivity index (χ0n) is 16.1. The van der Waals surface area contributed by atoms with Gasteiger partial charge >= 0.3 is 0 Å². The molecule has 0 amide bonds. The lowest BCUT2D eigenvalue weighted by Gasteiger charge is -2.56. The predicted octanol–water partition coefficient (Wildman–Crippen LogP) is 6.18. The summed E-state index contributed by atoms with van der Waals surface area (Å²) in [5, 5.41) is 0.700. The van der Waals surface area contributed by atoms with E-state index in [1.54, 1.807) is 11.8 Å². The molecule has 0 spiro atoms. The molecule has 4 aliphatic carbocycles. The van der Waals surface area contributed by atoms with Gasteiger partial charge in [-0.1, -0.05) is 48.7 Å². The van der Waals surface area contributed by atoms with Crippen LogP contribution in [-0.4, -0.2) is 10.8 Å². The minimum atomic E-state index is 0.0928. The molecule has 0 N–H and O–H groups in total. The van der Waals surface area contributed by atoms with Crippen molar-refractivity contribution in [3.05, 3.63) is 58.4 Å². The first-order chi connectivity index (χ1) is 12.9. The monoisotopic (exact) mass is 379 g/mol. The van der Waals surface area contributed by atoms with Crippen molar-refractivity contribution in [3.63, 3.8) is 0 Å². The highest BCUT2D eigenvalue weighted by Gasteiger charge is 2.54. The maximum atomic E-state index is 12.0. The molecule has 2 fully saturated rings. The highest BCUT2D eigenvalue weighted by molar-refractivity contribution is 6.30. The van der Waals surface area contributed by atoms with Crippen LogP contribution >= 0.6 is 11.6 Å². The van der Waals surface area contributed by atoms with Gasteiger partial charge in [-0.25, -0.2) is 0 Å². The third kappa shape index (κ3) is 2.45. The van der Waals surface area contributed by atoms with E-state index in [-0.39, 0.29) is 10.8 Å². The summed E-state index contributed by atoms with van der Waals surface area (Å²) in [5.41, 5.74) is 5.85. The van der Waals surface area contributed by atoms with Gasteiger partial charge in [0, 0.05) is 24.2 Å². The molecule has 3 heteroatoms. The largest absolute Gasteiger partial charge is 0.295 e. The van der Waals surface area contributed by atoms with Crippen molar-refractivity contribution in [1.82, 2.24) is 4.98 Å². The van der Waals surface area contributed by atoms with E-state index in [0.29, 0.717) is 22.6 Å². The van der Waals surface area contributed by atoms with Gasteiger partial charge in [-0.3, -0.25) is 9.78 Å². The molecule has 140 valence electrons. The number of halogens is 1. The minimum absolute atomic E-state index is 0.0928. The highest BCUT2D eigenvalue weighted by atomic mass is 35.5. The Morgan fingerprint density at radius 2 is 1.96 bits per heavy atom. The number of nitrogens with zero attached hydrogens (tertiary/aromatic N) is 1. The van der Waals surface area contributed by atoms with Crippen molar-refractivity contribution in [1.29, 1.82) is 0 Å². The molecule has 27 heavy (non-hydrogen) atoms.